The molecular formula is C18H17F2IN2O2. The number of halogens is 3. The lowest BCUT2D eigenvalue weighted by molar-refractivity contribution is 0.0993. The van der Waals surface area contributed by atoms with Crippen LogP contribution in [0.3, 0.4) is 0 Å². The second-order valence-electron chi connectivity index (χ2n) is 6.05. The van der Waals surface area contributed by atoms with Crippen molar-refractivity contribution in [2.24, 2.45) is 11.7 Å². The smallest absolute Gasteiger partial charge is 0.252 e. The highest BCUT2D eigenvalue weighted by molar-refractivity contribution is 14.1. The Morgan fingerprint density at radius 1 is 1.24 bits per heavy atom. The number of amides is 1. The molecule has 0 spiro atoms. The van der Waals surface area contributed by atoms with Gasteiger partial charge in [-0.3, -0.25) is 4.79 Å². The Morgan fingerprint density at radius 3 is 2.60 bits per heavy atom. The number of primary amides is 1. The normalized spacial score (nSPS) is 14.2. The van der Waals surface area contributed by atoms with E-state index in [9.17, 15) is 13.6 Å². The number of hydrogen-bond donors (Lipinski definition) is 2. The molecule has 1 aliphatic rings. The summed E-state index contributed by atoms with van der Waals surface area (Å²) in [6, 6.07) is 7.12. The second kappa shape index (κ2) is 7.65. The fourth-order valence-electron chi connectivity index (χ4n) is 2.71. The Hall–Kier alpha value is -1.74. The van der Waals surface area contributed by atoms with Crippen LogP contribution >= 0.6 is 22.6 Å². The largest absolute Gasteiger partial charge is 0.492 e. The van der Waals surface area contributed by atoms with Crippen LogP contribution in [0.5, 0.6) is 5.75 Å². The fraction of sp³-hybridized carbons (Fsp3) is 0.278. The Bertz CT molecular complexity index is 810. The van der Waals surface area contributed by atoms with Crippen molar-refractivity contribution in [3.8, 4) is 5.75 Å². The van der Waals surface area contributed by atoms with Crippen LogP contribution in [0, 0.1) is 21.1 Å². The zero-order chi connectivity index (χ0) is 18.0. The van der Waals surface area contributed by atoms with Crippen LogP contribution < -0.4 is 15.8 Å². The van der Waals surface area contributed by atoms with Crippen molar-refractivity contribution in [1.29, 1.82) is 0 Å². The van der Waals surface area contributed by atoms with Gasteiger partial charge in [-0.1, -0.05) is 6.07 Å². The lowest BCUT2D eigenvalue weighted by Gasteiger charge is -2.27. The van der Waals surface area contributed by atoms with E-state index >= 15 is 0 Å². The van der Waals surface area contributed by atoms with Crippen LogP contribution in [0.1, 0.15) is 21.5 Å². The molecule has 1 fully saturated rings. The fourth-order valence-corrected chi connectivity index (χ4v) is 3.17. The third kappa shape index (κ3) is 4.27. The van der Waals surface area contributed by atoms with E-state index in [0.29, 0.717) is 23.7 Å². The van der Waals surface area contributed by atoms with Crippen molar-refractivity contribution in [3.05, 3.63) is 62.2 Å². The predicted molar refractivity (Wildman–Crippen MR) is 98.7 cm³/mol. The van der Waals surface area contributed by atoms with E-state index in [2.05, 4.69) is 5.32 Å². The molecule has 1 heterocycles. The zero-order valence-corrected chi connectivity index (χ0v) is 15.5. The summed E-state index contributed by atoms with van der Waals surface area (Å²) in [5.41, 5.74) is 6.27. The number of nitrogens with two attached hydrogens (primary N) is 1. The average Bonchev–Trinajstić information content (AvgIpc) is 2.47. The van der Waals surface area contributed by atoms with Gasteiger partial charge in [0, 0.05) is 35.1 Å². The molecule has 25 heavy (non-hydrogen) atoms. The Kier molecular flexibility index (Phi) is 5.53. The molecule has 1 aliphatic heterocycles. The highest BCUT2D eigenvalue weighted by atomic mass is 127. The van der Waals surface area contributed by atoms with Gasteiger partial charge in [0.15, 0.2) is 0 Å². The van der Waals surface area contributed by atoms with Crippen molar-refractivity contribution in [2.75, 3.05) is 19.7 Å². The first-order chi connectivity index (χ1) is 11.9. The molecule has 0 unspecified atom stereocenters. The van der Waals surface area contributed by atoms with Gasteiger partial charge >= 0.3 is 0 Å². The summed E-state index contributed by atoms with van der Waals surface area (Å²) >= 11 is 2.01. The van der Waals surface area contributed by atoms with Crippen LogP contribution in [-0.2, 0) is 6.42 Å². The molecule has 2 aromatic carbocycles. The topological polar surface area (TPSA) is 64.4 Å². The molecular weight excluding hydrogens is 441 g/mol. The maximum atomic E-state index is 14.1. The van der Waals surface area contributed by atoms with Crippen molar-refractivity contribution < 1.29 is 18.3 Å². The first-order valence-corrected chi connectivity index (χ1v) is 8.91. The predicted octanol–water partition coefficient (Wildman–Crippen LogP) is 2.86. The molecule has 1 saturated heterocycles. The van der Waals surface area contributed by atoms with E-state index in [-0.39, 0.29) is 17.7 Å². The van der Waals surface area contributed by atoms with Gasteiger partial charge in [0.2, 0.25) is 0 Å². The number of benzene rings is 2. The molecule has 4 nitrogen and oxygen atoms in total. The maximum Gasteiger partial charge on any atom is 0.252 e. The molecule has 0 atom stereocenters. The third-order valence-corrected chi connectivity index (χ3v) is 4.80. The van der Waals surface area contributed by atoms with Crippen LogP contribution in [0.25, 0.3) is 0 Å². The number of nitrogens with one attached hydrogen (secondary N) is 1. The Balaban J connectivity index is 1.93. The lowest BCUT2D eigenvalue weighted by Crippen LogP contribution is -2.45. The summed E-state index contributed by atoms with van der Waals surface area (Å²) in [6.45, 7) is 2.01. The number of rotatable bonds is 6. The van der Waals surface area contributed by atoms with Gasteiger partial charge in [0.05, 0.1) is 12.2 Å². The zero-order valence-electron chi connectivity index (χ0n) is 13.3. The van der Waals surface area contributed by atoms with E-state index < -0.39 is 17.5 Å². The molecule has 2 aromatic rings. The molecule has 0 aromatic heterocycles. The summed E-state index contributed by atoms with van der Waals surface area (Å²) in [5.74, 6) is -1.24. The van der Waals surface area contributed by atoms with E-state index in [1.807, 2.05) is 22.6 Å². The van der Waals surface area contributed by atoms with E-state index in [0.717, 1.165) is 22.7 Å². The highest BCUT2D eigenvalue weighted by Gasteiger charge is 2.22. The van der Waals surface area contributed by atoms with E-state index in [1.165, 1.54) is 12.1 Å². The van der Waals surface area contributed by atoms with E-state index in [1.54, 1.807) is 12.1 Å². The van der Waals surface area contributed by atoms with Crippen molar-refractivity contribution in [3.63, 3.8) is 0 Å². The molecule has 3 rings (SSSR count). The third-order valence-electron chi connectivity index (χ3n) is 4.13. The van der Waals surface area contributed by atoms with Gasteiger partial charge in [-0.25, -0.2) is 8.78 Å². The molecule has 7 heteroatoms. The maximum absolute atomic E-state index is 14.1. The summed E-state index contributed by atoms with van der Waals surface area (Å²) < 4.78 is 34.5. The SMILES string of the molecule is NC(=O)c1c(Cc2ccc(I)cc2F)cc(F)cc1OCC1CNC1. The molecule has 132 valence electrons. The average molecular weight is 458 g/mol. The number of hydrogen-bond acceptors (Lipinski definition) is 3. The summed E-state index contributed by atoms with van der Waals surface area (Å²) in [5, 5.41) is 3.11. The lowest BCUT2D eigenvalue weighted by atomic mass is 9.97. The summed E-state index contributed by atoms with van der Waals surface area (Å²) in [6.07, 6.45) is 0.0557. The van der Waals surface area contributed by atoms with Crippen LogP contribution in [0.15, 0.2) is 30.3 Å². The minimum atomic E-state index is -0.720. The van der Waals surface area contributed by atoms with Gasteiger partial charge in [-0.15, -0.1) is 0 Å². The van der Waals surface area contributed by atoms with Gasteiger partial charge < -0.3 is 15.8 Å². The summed E-state index contributed by atoms with van der Waals surface area (Å²) in [7, 11) is 0. The van der Waals surface area contributed by atoms with Gasteiger partial charge in [-0.05, 0) is 51.9 Å². The highest BCUT2D eigenvalue weighted by Crippen LogP contribution is 2.28. The number of carbonyl (C=O) groups is 1. The monoisotopic (exact) mass is 458 g/mol. The molecule has 1 amide bonds. The van der Waals surface area contributed by atoms with Gasteiger partial charge in [0.1, 0.15) is 17.4 Å². The van der Waals surface area contributed by atoms with Crippen LogP contribution in [-0.4, -0.2) is 25.6 Å². The van der Waals surface area contributed by atoms with Crippen molar-refractivity contribution in [1.82, 2.24) is 5.32 Å². The molecule has 0 aliphatic carbocycles. The molecule has 3 N–H and O–H groups in total. The van der Waals surface area contributed by atoms with Crippen molar-refractivity contribution >= 4 is 28.5 Å². The number of ether oxygens (including phenoxy) is 1. The molecule has 0 saturated carbocycles. The van der Waals surface area contributed by atoms with Crippen LogP contribution in [0.2, 0.25) is 0 Å². The standard InChI is InChI=1S/C18H17F2IN2O2/c19-13-4-12(3-11-1-2-14(21)6-15(11)20)17(18(22)24)16(5-13)25-9-10-7-23-8-10/h1-2,4-6,10,23H,3,7-9H2,(H2,22,24). The summed E-state index contributed by atoms with van der Waals surface area (Å²) in [4.78, 5) is 11.9. The first-order valence-electron chi connectivity index (χ1n) is 7.83. The number of carbonyl (C=O) groups excluding carboxylic acids is 1. The van der Waals surface area contributed by atoms with E-state index in [4.69, 9.17) is 10.5 Å². The Morgan fingerprint density at radius 2 is 2.00 bits per heavy atom. The second-order valence-corrected chi connectivity index (χ2v) is 7.30. The van der Waals surface area contributed by atoms with Crippen molar-refractivity contribution in [2.45, 2.75) is 6.42 Å². The van der Waals surface area contributed by atoms with Gasteiger partial charge in [0.25, 0.3) is 5.91 Å². The molecule has 0 radical (unpaired) electrons. The minimum absolute atomic E-state index is 0.0557. The molecule has 0 bridgehead atoms. The quantitative estimate of drug-likeness (QED) is 0.655. The Labute approximate surface area is 157 Å². The first kappa shape index (κ1) is 18.1. The minimum Gasteiger partial charge on any atom is -0.492 e. The van der Waals surface area contributed by atoms with Crippen LogP contribution in [0.4, 0.5) is 8.78 Å². The van der Waals surface area contributed by atoms with Gasteiger partial charge in [-0.2, -0.15) is 0 Å².